The minimum absolute atomic E-state index is 0.309. The second kappa shape index (κ2) is 4.91. The predicted molar refractivity (Wildman–Crippen MR) is 62.8 cm³/mol. The third-order valence-corrected chi connectivity index (χ3v) is 2.53. The average Bonchev–Trinajstić information content (AvgIpc) is 2.68. The van der Waals surface area contributed by atoms with Crippen LogP contribution in [0.3, 0.4) is 0 Å². The molecule has 0 unspecified atom stereocenters. The highest BCUT2D eigenvalue weighted by Crippen LogP contribution is 2.22. The van der Waals surface area contributed by atoms with E-state index in [0.29, 0.717) is 28.9 Å². The van der Waals surface area contributed by atoms with E-state index < -0.39 is 0 Å². The second-order valence-electron chi connectivity index (χ2n) is 3.38. The van der Waals surface area contributed by atoms with Crippen molar-refractivity contribution in [3.8, 4) is 0 Å². The van der Waals surface area contributed by atoms with E-state index in [1.54, 1.807) is 18.2 Å². The first-order valence-electron chi connectivity index (χ1n) is 4.83. The van der Waals surface area contributed by atoms with E-state index in [1.807, 2.05) is 0 Å². The summed E-state index contributed by atoms with van der Waals surface area (Å²) in [6.07, 6.45) is 0.851. The summed E-state index contributed by atoms with van der Waals surface area (Å²) in [6, 6.07) is 4.55. The lowest BCUT2D eigenvalue weighted by atomic mass is 10.3. The number of nitrogens with one attached hydrogen (secondary N) is 1. The van der Waals surface area contributed by atoms with E-state index in [0.717, 1.165) is 6.42 Å². The number of nitrogens with zero attached hydrogens (tertiary/aromatic N) is 1. The van der Waals surface area contributed by atoms with Gasteiger partial charge in [0.1, 0.15) is 0 Å². The molecule has 1 aromatic carbocycles. The molecule has 1 aromatic rings. The van der Waals surface area contributed by atoms with E-state index in [-0.39, 0.29) is 6.03 Å². The van der Waals surface area contributed by atoms with Crippen LogP contribution in [0.25, 0.3) is 0 Å². The SMILES string of the molecule is O=C(Nc1cc(Cl)cc(Cl)c1)N1CCCO1. The van der Waals surface area contributed by atoms with Gasteiger partial charge < -0.3 is 5.32 Å². The first kappa shape index (κ1) is 11.5. The lowest BCUT2D eigenvalue weighted by Gasteiger charge is -2.15. The molecular weight excluding hydrogens is 251 g/mol. The van der Waals surface area contributed by atoms with E-state index in [2.05, 4.69) is 5.32 Å². The van der Waals surface area contributed by atoms with Gasteiger partial charge >= 0.3 is 6.03 Å². The van der Waals surface area contributed by atoms with Crippen LogP contribution >= 0.6 is 23.2 Å². The van der Waals surface area contributed by atoms with Crippen LogP contribution in [0, 0.1) is 0 Å². The van der Waals surface area contributed by atoms with E-state index in [4.69, 9.17) is 28.0 Å². The topological polar surface area (TPSA) is 41.6 Å². The molecular formula is C10H10Cl2N2O2. The largest absolute Gasteiger partial charge is 0.345 e. The number of carbonyl (C=O) groups is 1. The van der Waals surface area contributed by atoms with E-state index in [1.165, 1.54) is 5.06 Å². The summed E-state index contributed by atoms with van der Waals surface area (Å²) in [5.41, 5.74) is 0.554. The average molecular weight is 261 g/mol. The summed E-state index contributed by atoms with van der Waals surface area (Å²) in [5, 5.41) is 4.90. The van der Waals surface area contributed by atoms with Crippen LogP contribution in [-0.2, 0) is 4.84 Å². The molecule has 0 atom stereocenters. The first-order chi connectivity index (χ1) is 7.65. The van der Waals surface area contributed by atoms with Gasteiger partial charge in [0.05, 0.1) is 13.2 Å². The number of amides is 2. The molecule has 6 heteroatoms. The zero-order valence-corrected chi connectivity index (χ0v) is 9.88. The number of hydroxylamine groups is 2. The molecule has 86 valence electrons. The van der Waals surface area contributed by atoms with Crippen molar-refractivity contribution in [1.82, 2.24) is 5.06 Å². The van der Waals surface area contributed by atoms with Gasteiger partial charge in [0.15, 0.2) is 0 Å². The molecule has 0 aromatic heterocycles. The molecule has 1 heterocycles. The number of benzene rings is 1. The Labute approximate surface area is 103 Å². The fourth-order valence-electron chi connectivity index (χ4n) is 1.42. The van der Waals surface area contributed by atoms with Crippen LogP contribution in [-0.4, -0.2) is 24.2 Å². The highest BCUT2D eigenvalue weighted by atomic mass is 35.5. The quantitative estimate of drug-likeness (QED) is 0.843. The standard InChI is InChI=1S/C10H10Cl2N2O2/c11-7-4-8(12)6-9(5-7)13-10(15)14-2-1-3-16-14/h4-6H,1-3H2,(H,13,15). The summed E-state index contributed by atoms with van der Waals surface area (Å²) >= 11 is 11.6. The summed E-state index contributed by atoms with van der Waals surface area (Å²) < 4.78 is 0. The van der Waals surface area contributed by atoms with Gasteiger partial charge in [-0.2, -0.15) is 0 Å². The number of hydrogen-bond acceptors (Lipinski definition) is 2. The molecule has 2 amide bonds. The number of rotatable bonds is 1. The molecule has 16 heavy (non-hydrogen) atoms. The Bertz CT molecular complexity index is 386. The normalized spacial score (nSPS) is 15.2. The summed E-state index contributed by atoms with van der Waals surface area (Å²) in [4.78, 5) is 16.7. The Hall–Kier alpha value is -0.970. The summed E-state index contributed by atoms with van der Waals surface area (Å²) in [6.45, 7) is 1.17. The zero-order chi connectivity index (χ0) is 11.5. The molecule has 0 radical (unpaired) electrons. The first-order valence-corrected chi connectivity index (χ1v) is 5.58. The van der Waals surface area contributed by atoms with E-state index in [9.17, 15) is 4.79 Å². The summed E-state index contributed by atoms with van der Waals surface area (Å²) in [5.74, 6) is 0. The Kier molecular flexibility index (Phi) is 3.53. The van der Waals surface area contributed by atoms with Crippen molar-refractivity contribution in [1.29, 1.82) is 0 Å². The molecule has 1 saturated heterocycles. The maximum Gasteiger partial charge on any atom is 0.345 e. The van der Waals surface area contributed by atoms with Gasteiger partial charge in [0, 0.05) is 15.7 Å². The molecule has 0 saturated carbocycles. The van der Waals surface area contributed by atoms with Crippen molar-refractivity contribution in [2.75, 3.05) is 18.5 Å². The van der Waals surface area contributed by atoms with Gasteiger partial charge in [-0.15, -0.1) is 0 Å². The third kappa shape index (κ3) is 2.78. The van der Waals surface area contributed by atoms with Gasteiger partial charge in [0.25, 0.3) is 0 Å². The van der Waals surface area contributed by atoms with Crippen LogP contribution in [0.1, 0.15) is 6.42 Å². The zero-order valence-electron chi connectivity index (χ0n) is 8.37. The Balaban J connectivity index is 2.05. The van der Waals surface area contributed by atoms with E-state index >= 15 is 0 Å². The van der Waals surface area contributed by atoms with Gasteiger partial charge in [-0.3, -0.25) is 4.84 Å². The molecule has 4 nitrogen and oxygen atoms in total. The van der Waals surface area contributed by atoms with Gasteiger partial charge in [0.2, 0.25) is 0 Å². The molecule has 0 bridgehead atoms. The maximum atomic E-state index is 11.6. The molecule has 1 fully saturated rings. The predicted octanol–water partition coefficient (Wildman–Crippen LogP) is 3.16. The van der Waals surface area contributed by atoms with Crippen LogP contribution in [0.5, 0.6) is 0 Å². The highest BCUT2D eigenvalue weighted by Gasteiger charge is 2.19. The molecule has 1 N–H and O–H groups in total. The lowest BCUT2D eigenvalue weighted by molar-refractivity contribution is -0.0614. The molecule has 1 aliphatic rings. The van der Waals surface area contributed by atoms with Crippen molar-refractivity contribution in [3.63, 3.8) is 0 Å². The number of urea groups is 1. The van der Waals surface area contributed by atoms with Crippen molar-refractivity contribution < 1.29 is 9.63 Å². The van der Waals surface area contributed by atoms with Gasteiger partial charge in [-0.05, 0) is 24.6 Å². The van der Waals surface area contributed by atoms with Crippen molar-refractivity contribution >= 4 is 34.9 Å². The van der Waals surface area contributed by atoms with Crippen molar-refractivity contribution in [2.24, 2.45) is 0 Å². The number of anilines is 1. The van der Waals surface area contributed by atoms with Gasteiger partial charge in [-0.25, -0.2) is 9.86 Å². The number of carbonyl (C=O) groups excluding carboxylic acids is 1. The molecule has 0 spiro atoms. The highest BCUT2D eigenvalue weighted by molar-refractivity contribution is 6.35. The van der Waals surface area contributed by atoms with Crippen molar-refractivity contribution in [3.05, 3.63) is 28.2 Å². The minimum Gasteiger partial charge on any atom is -0.306 e. The second-order valence-corrected chi connectivity index (χ2v) is 4.25. The smallest absolute Gasteiger partial charge is 0.306 e. The fourth-order valence-corrected chi connectivity index (χ4v) is 1.95. The monoisotopic (exact) mass is 260 g/mol. The fraction of sp³-hybridized carbons (Fsp3) is 0.300. The van der Waals surface area contributed by atoms with Crippen LogP contribution in [0.2, 0.25) is 10.0 Å². The Morgan fingerprint density at radius 2 is 2.00 bits per heavy atom. The Morgan fingerprint density at radius 1 is 1.31 bits per heavy atom. The number of halogens is 2. The molecule has 0 aliphatic carbocycles. The maximum absolute atomic E-state index is 11.6. The van der Waals surface area contributed by atoms with Gasteiger partial charge in [-0.1, -0.05) is 23.2 Å². The molecule has 1 aliphatic heterocycles. The lowest BCUT2D eigenvalue weighted by Crippen LogP contribution is -2.31. The number of hydrogen-bond donors (Lipinski definition) is 1. The van der Waals surface area contributed by atoms with Crippen LogP contribution in [0.15, 0.2) is 18.2 Å². The van der Waals surface area contributed by atoms with Crippen LogP contribution in [0.4, 0.5) is 10.5 Å². The third-order valence-electron chi connectivity index (χ3n) is 2.09. The summed E-state index contributed by atoms with van der Waals surface area (Å²) in [7, 11) is 0. The molecule has 2 rings (SSSR count). The minimum atomic E-state index is -0.309. The van der Waals surface area contributed by atoms with Crippen LogP contribution < -0.4 is 5.32 Å². The van der Waals surface area contributed by atoms with Crippen molar-refractivity contribution in [2.45, 2.75) is 6.42 Å². The Morgan fingerprint density at radius 3 is 2.56 bits per heavy atom.